The first-order valence-electron chi connectivity index (χ1n) is 8.02. The lowest BCUT2D eigenvalue weighted by atomic mass is 10.1. The molecule has 0 aliphatic rings. The average Bonchev–Trinajstić information content (AvgIpc) is 2.99. The summed E-state index contributed by atoms with van der Waals surface area (Å²) in [5, 5.41) is 11.8. The number of nitrogens with one attached hydrogen (secondary N) is 1. The molecule has 3 aromatic rings. The van der Waals surface area contributed by atoms with Crippen LogP contribution in [0.3, 0.4) is 0 Å². The number of hydrogen-bond acceptors (Lipinski definition) is 4. The zero-order valence-electron chi connectivity index (χ0n) is 14.2. The van der Waals surface area contributed by atoms with Crippen LogP contribution in [0.15, 0.2) is 48.5 Å². The molecule has 6 nitrogen and oxygen atoms in total. The molecule has 1 unspecified atom stereocenters. The van der Waals surface area contributed by atoms with E-state index in [2.05, 4.69) is 15.6 Å². The SMILES string of the molecule is CN(C)C(CNC(=O)Cn1nnc2ccccc21)c1ccccc1Cl. The molecule has 1 amide bonds. The molecule has 1 heterocycles. The standard InChI is InChI=1S/C18H20ClN5O/c1-23(2)17(13-7-3-4-8-14(13)19)11-20-18(25)12-24-16-10-6-5-9-15(16)21-22-24/h3-10,17H,11-12H2,1-2H3,(H,20,25). The van der Waals surface area contributed by atoms with Gasteiger partial charge in [-0.05, 0) is 37.9 Å². The van der Waals surface area contributed by atoms with Crippen LogP contribution in [0.4, 0.5) is 0 Å². The number of rotatable bonds is 6. The topological polar surface area (TPSA) is 63.1 Å². The highest BCUT2D eigenvalue weighted by molar-refractivity contribution is 6.31. The highest BCUT2D eigenvalue weighted by Gasteiger charge is 2.18. The van der Waals surface area contributed by atoms with Crippen molar-refractivity contribution >= 4 is 28.5 Å². The Morgan fingerprint density at radius 2 is 1.92 bits per heavy atom. The van der Waals surface area contributed by atoms with Gasteiger partial charge in [-0.15, -0.1) is 5.10 Å². The van der Waals surface area contributed by atoms with Crippen LogP contribution < -0.4 is 5.32 Å². The van der Waals surface area contributed by atoms with Gasteiger partial charge in [-0.3, -0.25) is 4.79 Å². The lowest BCUT2D eigenvalue weighted by Crippen LogP contribution is -2.36. The number of halogens is 1. The molecule has 0 spiro atoms. The third-order valence-corrected chi connectivity index (χ3v) is 4.44. The number of amides is 1. The van der Waals surface area contributed by atoms with E-state index < -0.39 is 0 Å². The van der Waals surface area contributed by atoms with Crippen LogP contribution in [0.2, 0.25) is 5.02 Å². The highest BCUT2D eigenvalue weighted by Crippen LogP contribution is 2.25. The predicted molar refractivity (Wildman–Crippen MR) is 98.4 cm³/mol. The number of carbonyl (C=O) groups excluding carboxylic acids is 1. The van der Waals surface area contributed by atoms with Crippen molar-refractivity contribution in [2.24, 2.45) is 0 Å². The third-order valence-electron chi connectivity index (χ3n) is 4.09. The molecule has 0 saturated carbocycles. The fraction of sp³-hybridized carbons (Fsp3) is 0.278. The van der Waals surface area contributed by atoms with Gasteiger partial charge in [0.15, 0.2) is 0 Å². The number of fused-ring (bicyclic) bond motifs is 1. The van der Waals surface area contributed by atoms with E-state index in [9.17, 15) is 4.79 Å². The molecule has 0 aliphatic heterocycles. The number of nitrogens with zero attached hydrogens (tertiary/aromatic N) is 4. The summed E-state index contributed by atoms with van der Waals surface area (Å²) in [6.45, 7) is 0.589. The molecule has 0 fully saturated rings. The molecule has 1 N–H and O–H groups in total. The maximum Gasteiger partial charge on any atom is 0.241 e. The normalized spacial score (nSPS) is 12.5. The first kappa shape index (κ1) is 17.4. The Morgan fingerprint density at radius 3 is 2.68 bits per heavy atom. The minimum Gasteiger partial charge on any atom is -0.353 e. The second kappa shape index (κ2) is 7.63. The monoisotopic (exact) mass is 357 g/mol. The van der Waals surface area contributed by atoms with Gasteiger partial charge in [-0.1, -0.05) is 47.1 Å². The fourth-order valence-corrected chi connectivity index (χ4v) is 3.01. The third kappa shape index (κ3) is 3.97. The van der Waals surface area contributed by atoms with Gasteiger partial charge < -0.3 is 10.2 Å². The smallest absolute Gasteiger partial charge is 0.241 e. The maximum atomic E-state index is 12.3. The summed E-state index contributed by atoms with van der Waals surface area (Å²) in [7, 11) is 3.93. The minimum absolute atomic E-state index is 0.00913. The largest absolute Gasteiger partial charge is 0.353 e. The van der Waals surface area contributed by atoms with E-state index >= 15 is 0 Å². The molecule has 1 atom stereocenters. The summed E-state index contributed by atoms with van der Waals surface area (Å²) < 4.78 is 1.60. The quantitative estimate of drug-likeness (QED) is 0.736. The highest BCUT2D eigenvalue weighted by atomic mass is 35.5. The van der Waals surface area contributed by atoms with Crippen LogP contribution >= 0.6 is 11.6 Å². The van der Waals surface area contributed by atoms with Crippen LogP contribution in [-0.2, 0) is 11.3 Å². The van der Waals surface area contributed by atoms with Crippen molar-refractivity contribution in [3.63, 3.8) is 0 Å². The molecule has 0 aliphatic carbocycles. The van der Waals surface area contributed by atoms with E-state index in [1.165, 1.54) is 0 Å². The Morgan fingerprint density at radius 1 is 1.20 bits per heavy atom. The van der Waals surface area contributed by atoms with Crippen molar-refractivity contribution in [1.82, 2.24) is 25.2 Å². The first-order chi connectivity index (χ1) is 12.1. The molecule has 3 rings (SSSR count). The molecular formula is C18H20ClN5O. The van der Waals surface area contributed by atoms with E-state index in [-0.39, 0.29) is 18.5 Å². The molecule has 0 bridgehead atoms. The summed E-state index contributed by atoms with van der Waals surface area (Å²) in [6.07, 6.45) is 0. The maximum absolute atomic E-state index is 12.3. The van der Waals surface area contributed by atoms with Gasteiger partial charge in [-0.25, -0.2) is 4.68 Å². The summed E-state index contributed by atoms with van der Waals surface area (Å²) in [5.41, 5.74) is 2.60. The number of benzene rings is 2. The molecule has 2 aromatic carbocycles. The van der Waals surface area contributed by atoms with Crippen LogP contribution in [-0.4, -0.2) is 46.4 Å². The summed E-state index contributed by atoms with van der Waals surface area (Å²) in [5.74, 6) is -0.116. The van der Waals surface area contributed by atoms with Gasteiger partial charge >= 0.3 is 0 Å². The molecule has 1 aromatic heterocycles. The molecule has 0 radical (unpaired) electrons. The van der Waals surface area contributed by atoms with Gasteiger partial charge in [0.05, 0.1) is 11.6 Å². The number of likely N-dealkylation sites (N-methyl/N-ethyl adjacent to an activating group) is 1. The zero-order chi connectivity index (χ0) is 17.8. The second-order valence-corrected chi connectivity index (χ2v) is 6.45. The van der Waals surface area contributed by atoms with Crippen molar-refractivity contribution in [2.45, 2.75) is 12.6 Å². The molecule has 0 saturated heterocycles. The summed E-state index contributed by atoms with van der Waals surface area (Å²) in [4.78, 5) is 14.4. The zero-order valence-corrected chi connectivity index (χ0v) is 14.9. The Kier molecular flexibility index (Phi) is 5.31. The number of aromatic nitrogens is 3. The van der Waals surface area contributed by atoms with Crippen LogP contribution in [0.25, 0.3) is 11.0 Å². The number of hydrogen-bond donors (Lipinski definition) is 1. The van der Waals surface area contributed by atoms with Crippen molar-refractivity contribution < 1.29 is 4.79 Å². The number of para-hydroxylation sites is 1. The molecule has 7 heteroatoms. The van der Waals surface area contributed by atoms with E-state index in [0.717, 1.165) is 16.6 Å². The van der Waals surface area contributed by atoms with E-state index in [1.54, 1.807) is 4.68 Å². The van der Waals surface area contributed by atoms with E-state index in [4.69, 9.17) is 11.6 Å². The van der Waals surface area contributed by atoms with Gasteiger partial charge in [-0.2, -0.15) is 0 Å². The Bertz CT molecular complexity index is 877. The molecule has 130 valence electrons. The minimum atomic E-state index is -0.116. The first-order valence-corrected chi connectivity index (χ1v) is 8.40. The van der Waals surface area contributed by atoms with Gasteiger partial charge in [0.25, 0.3) is 0 Å². The Balaban J connectivity index is 1.67. The van der Waals surface area contributed by atoms with Crippen molar-refractivity contribution in [2.75, 3.05) is 20.6 Å². The number of carbonyl (C=O) groups is 1. The van der Waals surface area contributed by atoms with Gasteiger partial charge in [0.2, 0.25) is 5.91 Å². The van der Waals surface area contributed by atoms with Crippen LogP contribution in [0, 0.1) is 0 Å². The Hall–Kier alpha value is -2.44. The van der Waals surface area contributed by atoms with Crippen molar-refractivity contribution in [3.05, 3.63) is 59.1 Å². The average molecular weight is 358 g/mol. The van der Waals surface area contributed by atoms with Crippen LogP contribution in [0.5, 0.6) is 0 Å². The summed E-state index contributed by atoms with van der Waals surface area (Å²) in [6, 6.07) is 15.2. The molecule has 25 heavy (non-hydrogen) atoms. The predicted octanol–water partition coefficient (Wildman–Crippen LogP) is 2.50. The second-order valence-electron chi connectivity index (χ2n) is 6.04. The van der Waals surface area contributed by atoms with Crippen molar-refractivity contribution in [3.8, 4) is 0 Å². The van der Waals surface area contributed by atoms with Crippen molar-refractivity contribution in [1.29, 1.82) is 0 Å². The van der Waals surface area contributed by atoms with Crippen LogP contribution in [0.1, 0.15) is 11.6 Å². The lowest BCUT2D eigenvalue weighted by Gasteiger charge is -2.26. The fourth-order valence-electron chi connectivity index (χ4n) is 2.75. The summed E-state index contributed by atoms with van der Waals surface area (Å²) >= 11 is 6.30. The van der Waals surface area contributed by atoms with E-state index in [0.29, 0.717) is 11.6 Å². The van der Waals surface area contributed by atoms with Gasteiger partial charge in [0.1, 0.15) is 12.1 Å². The van der Waals surface area contributed by atoms with E-state index in [1.807, 2.05) is 67.5 Å². The molecular weight excluding hydrogens is 338 g/mol. The Labute approximate surface area is 151 Å². The lowest BCUT2D eigenvalue weighted by molar-refractivity contribution is -0.122. The van der Waals surface area contributed by atoms with Gasteiger partial charge in [0, 0.05) is 11.6 Å².